The molecule has 2 aromatic carbocycles. The summed E-state index contributed by atoms with van der Waals surface area (Å²) in [4.78, 5) is 0.816. The molecule has 2 rings (SSSR count). The summed E-state index contributed by atoms with van der Waals surface area (Å²) in [5.41, 5.74) is 6.65. The Bertz CT molecular complexity index is 662. The van der Waals surface area contributed by atoms with Crippen molar-refractivity contribution < 1.29 is 14.3 Å². The number of thioether (sulfide) groups is 1. The van der Waals surface area contributed by atoms with Gasteiger partial charge in [0, 0.05) is 10.5 Å². The van der Waals surface area contributed by atoms with Gasteiger partial charge in [-0.05, 0) is 24.5 Å². The smallest absolute Gasteiger partial charge is 0.174 e. The number of hydrogen-bond acceptors (Lipinski definition) is 4. The third-order valence-electron chi connectivity index (χ3n) is 2.91. The number of benzene rings is 2. The fourth-order valence-electron chi connectivity index (χ4n) is 1.87. The first-order chi connectivity index (χ1) is 10.2. The number of hydrogen-bond donors (Lipinski definition) is 2. The van der Waals surface area contributed by atoms with Crippen LogP contribution in [-0.4, -0.2) is 17.3 Å². The summed E-state index contributed by atoms with van der Waals surface area (Å²) in [5, 5.41) is 11.9. The lowest BCUT2D eigenvalue weighted by molar-refractivity contribution is 0.296. The highest BCUT2D eigenvalue weighted by atomic mass is 32.2. The second kappa shape index (κ2) is 6.99. The number of rotatable bonds is 5. The third-order valence-corrected chi connectivity index (χ3v) is 3.69. The molecule has 4 nitrogen and oxygen atoms in total. The molecule has 0 bridgehead atoms. The molecule has 0 heterocycles. The maximum atomic E-state index is 13.6. The van der Waals surface area contributed by atoms with Gasteiger partial charge in [-0.15, -0.1) is 11.8 Å². The number of oxime groups is 1. The van der Waals surface area contributed by atoms with E-state index in [9.17, 15) is 4.39 Å². The van der Waals surface area contributed by atoms with Gasteiger partial charge in [-0.3, -0.25) is 0 Å². The summed E-state index contributed by atoms with van der Waals surface area (Å²) < 4.78 is 19.2. The summed E-state index contributed by atoms with van der Waals surface area (Å²) in [7, 11) is 0. The molecule has 21 heavy (non-hydrogen) atoms. The van der Waals surface area contributed by atoms with E-state index in [1.165, 1.54) is 17.8 Å². The van der Waals surface area contributed by atoms with Gasteiger partial charge in [0.25, 0.3) is 0 Å². The number of nitrogens with two attached hydrogens (primary N) is 1. The molecule has 0 unspecified atom stereocenters. The van der Waals surface area contributed by atoms with E-state index >= 15 is 0 Å². The van der Waals surface area contributed by atoms with Gasteiger partial charge < -0.3 is 15.7 Å². The molecule has 0 spiro atoms. The van der Waals surface area contributed by atoms with Crippen molar-refractivity contribution >= 4 is 17.6 Å². The molecule has 2 aromatic rings. The van der Waals surface area contributed by atoms with E-state index in [0.717, 1.165) is 4.90 Å². The zero-order chi connectivity index (χ0) is 15.2. The highest BCUT2D eigenvalue weighted by Gasteiger charge is 2.14. The Kier molecular flexibility index (Phi) is 5.05. The van der Waals surface area contributed by atoms with Crippen molar-refractivity contribution in [2.45, 2.75) is 11.5 Å². The van der Waals surface area contributed by atoms with Crippen molar-refractivity contribution in [1.29, 1.82) is 0 Å². The van der Waals surface area contributed by atoms with Crippen molar-refractivity contribution in [2.75, 3.05) is 6.26 Å². The second-order valence-corrected chi connectivity index (χ2v) is 5.05. The van der Waals surface area contributed by atoms with E-state index < -0.39 is 0 Å². The van der Waals surface area contributed by atoms with E-state index in [2.05, 4.69) is 5.16 Å². The van der Waals surface area contributed by atoms with Gasteiger partial charge >= 0.3 is 0 Å². The topological polar surface area (TPSA) is 67.8 Å². The minimum absolute atomic E-state index is 0.0384. The quantitative estimate of drug-likeness (QED) is 0.293. The molecule has 0 aliphatic carbocycles. The van der Waals surface area contributed by atoms with Crippen LogP contribution in [0.15, 0.2) is 52.5 Å². The summed E-state index contributed by atoms with van der Waals surface area (Å²) in [5.74, 6) is 0.0766. The average Bonchev–Trinajstić information content (AvgIpc) is 2.53. The third kappa shape index (κ3) is 3.46. The van der Waals surface area contributed by atoms with Crippen LogP contribution in [-0.2, 0) is 6.61 Å². The zero-order valence-corrected chi connectivity index (χ0v) is 12.2. The first-order valence-corrected chi connectivity index (χ1v) is 7.41. The van der Waals surface area contributed by atoms with Crippen LogP contribution in [0.1, 0.15) is 11.1 Å². The van der Waals surface area contributed by atoms with Crippen molar-refractivity contribution in [1.82, 2.24) is 0 Å². The summed E-state index contributed by atoms with van der Waals surface area (Å²) in [6.07, 6.45) is 1.88. The Labute approximate surface area is 126 Å². The van der Waals surface area contributed by atoms with Gasteiger partial charge in [0.05, 0.1) is 5.56 Å². The Morgan fingerprint density at radius 3 is 2.71 bits per heavy atom. The maximum Gasteiger partial charge on any atom is 0.174 e. The van der Waals surface area contributed by atoms with Crippen molar-refractivity contribution in [3.63, 3.8) is 0 Å². The average molecular weight is 306 g/mol. The Balaban J connectivity index is 2.30. The number of nitrogens with zero attached hydrogens (tertiary/aromatic N) is 1. The maximum absolute atomic E-state index is 13.6. The van der Waals surface area contributed by atoms with E-state index in [1.54, 1.807) is 30.3 Å². The van der Waals surface area contributed by atoms with Gasteiger partial charge in [0.1, 0.15) is 18.2 Å². The van der Waals surface area contributed by atoms with Crippen LogP contribution >= 0.6 is 11.8 Å². The largest absolute Gasteiger partial charge is 0.488 e. The SMILES string of the molecule is CSc1cccc(OCc2ccccc2F)c1/C(N)=N/O. The normalized spacial score (nSPS) is 11.4. The Hall–Kier alpha value is -2.21. The molecule has 0 fully saturated rings. The molecule has 110 valence electrons. The van der Waals surface area contributed by atoms with Crippen molar-refractivity contribution in [3.05, 3.63) is 59.4 Å². The minimum Gasteiger partial charge on any atom is -0.488 e. The fraction of sp³-hybridized carbons (Fsp3) is 0.133. The van der Waals surface area contributed by atoms with E-state index in [0.29, 0.717) is 16.9 Å². The fourth-order valence-corrected chi connectivity index (χ4v) is 2.50. The molecule has 0 aromatic heterocycles. The zero-order valence-electron chi connectivity index (χ0n) is 11.4. The molecule has 0 aliphatic heterocycles. The highest BCUT2D eigenvalue weighted by molar-refractivity contribution is 7.98. The molecular formula is C15H15FN2O2S. The van der Waals surface area contributed by atoms with E-state index in [4.69, 9.17) is 15.7 Å². The van der Waals surface area contributed by atoms with Gasteiger partial charge in [0.15, 0.2) is 5.84 Å². The van der Waals surface area contributed by atoms with Gasteiger partial charge in [-0.2, -0.15) is 0 Å². The Morgan fingerprint density at radius 1 is 1.29 bits per heavy atom. The summed E-state index contributed by atoms with van der Waals surface area (Å²) in [6, 6.07) is 11.7. The van der Waals surface area contributed by atoms with Gasteiger partial charge in [-0.25, -0.2) is 4.39 Å². The van der Waals surface area contributed by atoms with Gasteiger partial charge in [0.2, 0.25) is 0 Å². The van der Waals surface area contributed by atoms with E-state index in [-0.39, 0.29) is 18.3 Å². The lowest BCUT2D eigenvalue weighted by Crippen LogP contribution is -2.16. The van der Waals surface area contributed by atoms with Gasteiger partial charge in [-0.1, -0.05) is 29.4 Å². The van der Waals surface area contributed by atoms with Crippen LogP contribution in [0, 0.1) is 5.82 Å². The van der Waals surface area contributed by atoms with Crippen molar-refractivity contribution in [3.8, 4) is 5.75 Å². The first-order valence-electron chi connectivity index (χ1n) is 6.18. The predicted molar refractivity (Wildman–Crippen MR) is 81.5 cm³/mol. The number of halogens is 1. The van der Waals surface area contributed by atoms with Crippen LogP contribution in [0.3, 0.4) is 0 Å². The molecular weight excluding hydrogens is 291 g/mol. The highest BCUT2D eigenvalue weighted by Crippen LogP contribution is 2.29. The predicted octanol–water partition coefficient (Wildman–Crippen LogP) is 3.22. The van der Waals surface area contributed by atoms with Crippen LogP contribution in [0.5, 0.6) is 5.75 Å². The molecule has 0 radical (unpaired) electrons. The van der Waals surface area contributed by atoms with Crippen LogP contribution < -0.4 is 10.5 Å². The molecule has 0 saturated carbocycles. The molecule has 0 amide bonds. The Morgan fingerprint density at radius 2 is 2.05 bits per heavy atom. The number of ether oxygens (including phenoxy) is 1. The molecule has 3 N–H and O–H groups in total. The van der Waals surface area contributed by atoms with Crippen molar-refractivity contribution in [2.24, 2.45) is 10.9 Å². The number of amidine groups is 1. The monoisotopic (exact) mass is 306 g/mol. The molecule has 0 aliphatic rings. The van der Waals surface area contributed by atoms with Crippen LogP contribution in [0.25, 0.3) is 0 Å². The van der Waals surface area contributed by atoms with E-state index in [1.807, 2.05) is 12.3 Å². The lowest BCUT2D eigenvalue weighted by Gasteiger charge is -2.13. The summed E-state index contributed by atoms with van der Waals surface area (Å²) >= 11 is 1.45. The summed E-state index contributed by atoms with van der Waals surface area (Å²) in [6.45, 7) is 0.0657. The van der Waals surface area contributed by atoms with Crippen LogP contribution in [0.4, 0.5) is 4.39 Å². The minimum atomic E-state index is -0.330. The molecule has 6 heteroatoms. The second-order valence-electron chi connectivity index (χ2n) is 4.20. The lowest BCUT2D eigenvalue weighted by atomic mass is 10.1. The molecule has 0 atom stereocenters. The molecule has 0 saturated heterocycles. The first kappa shape index (κ1) is 15.2. The standard InChI is InChI=1S/C15H15FN2O2S/c1-21-13-8-4-7-12(14(13)15(17)18-19)20-9-10-5-2-3-6-11(10)16/h2-8,19H,9H2,1H3,(H2,17,18). The van der Waals surface area contributed by atoms with Crippen LogP contribution in [0.2, 0.25) is 0 Å².